The molecule has 3 nitrogen and oxygen atoms in total. The normalized spacial score (nSPS) is 28.3. The lowest BCUT2D eigenvalue weighted by molar-refractivity contribution is -0.137. The van der Waals surface area contributed by atoms with Gasteiger partial charge in [0, 0.05) is 17.8 Å². The number of amides is 1. The lowest BCUT2D eigenvalue weighted by Crippen LogP contribution is -2.43. The van der Waals surface area contributed by atoms with Gasteiger partial charge in [-0.2, -0.15) is 0 Å². The summed E-state index contributed by atoms with van der Waals surface area (Å²) < 4.78 is 26.3. The lowest BCUT2D eigenvalue weighted by atomic mass is 9.67. The van der Waals surface area contributed by atoms with Crippen molar-refractivity contribution in [3.8, 4) is 0 Å². The van der Waals surface area contributed by atoms with Crippen LogP contribution in [0.15, 0.2) is 18.2 Å². The molecule has 2 aliphatic rings. The van der Waals surface area contributed by atoms with E-state index in [0.29, 0.717) is 24.2 Å². The fourth-order valence-electron chi connectivity index (χ4n) is 3.89. The van der Waals surface area contributed by atoms with Crippen molar-refractivity contribution in [2.75, 3.05) is 0 Å². The summed E-state index contributed by atoms with van der Waals surface area (Å²) in [5.74, 6) is -1.68. The van der Waals surface area contributed by atoms with Crippen molar-refractivity contribution in [3.63, 3.8) is 0 Å². The number of Topliss-reactive ketones (excluding diaryl/α,β-unsaturated/α-hetero) is 1. The van der Waals surface area contributed by atoms with E-state index in [0.717, 1.165) is 31.4 Å². The van der Waals surface area contributed by atoms with Crippen molar-refractivity contribution in [1.29, 1.82) is 0 Å². The van der Waals surface area contributed by atoms with E-state index in [-0.39, 0.29) is 23.7 Å². The van der Waals surface area contributed by atoms with Crippen LogP contribution in [0.5, 0.6) is 0 Å². The van der Waals surface area contributed by atoms with Gasteiger partial charge in [-0.05, 0) is 50.3 Å². The molecule has 2 saturated carbocycles. The maximum atomic E-state index is 13.3. The number of carbonyl (C=O) groups is 2. The summed E-state index contributed by atoms with van der Waals surface area (Å²) in [6, 6.07) is 3.26. The van der Waals surface area contributed by atoms with Gasteiger partial charge in [0.2, 0.25) is 5.91 Å². The number of benzene rings is 1. The Morgan fingerprint density at radius 1 is 1.17 bits per heavy atom. The van der Waals surface area contributed by atoms with Crippen LogP contribution in [-0.4, -0.2) is 11.7 Å². The molecule has 0 saturated heterocycles. The number of fused-ring (bicyclic) bond motifs is 2. The predicted molar refractivity (Wildman–Crippen MR) is 81.5 cm³/mol. The molecule has 5 heteroatoms. The smallest absolute Gasteiger partial charge is 0.223 e. The molecule has 0 aliphatic heterocycles. The molecule has 124 valence electrons. The van der Waals surface area contributed by atoms with Gasteiger partial charge in [-0.25, -0.2) is 8.78 Å². The maximum Gasteiger partial charge on any atom is 0.223 e. The third-order valence-electron chi connectivity index (χ3n) is 5.22. The first-order chi connectivity index (χ1) is 11.0. The van der Waals surface area contributed by atoms with Crippen molar-refractivity contribution in [2.24, 2.45) is 17.8 Å². The Kier molecular flexibility index (Phi) is 4.46. The van der Waals surface area contributed by atoms with E-state index in [1.54, 1.807) is 6.92 Å². The summed E-state index contributed by atoms with van der Waals surface area (Å²) in [7, 11) is 0. The summed E-state index contributed by atoms with van der Waals surface area (Å²) in [5.41, 5.74) is 0.532. The molecular formula is C18H21F2NO2. The molecule has 3 atom stereocenters. The molecule has 0 aromatic heterocycles. The number of rotatable bonds is 3. The molecule has 1 aromatic rings. The first-order valence-corrected chi connectivity index (χ1v) is 8.24. The molecule has 3 unspecified atom stereocenters. The van der Waals surface area contributed by atoms with Crippen LogP contribution in [-0.2, 0) is 9.59 Å². The predicted octanol–water partition coefficient (Wildman–Crippen LogP) is 3.54. The second kappa shape index (κ2) is 6.38. The van der Waals surface area contributed by atoms with Crippen LogP contribution >= 0.6 is 0 Å². The van der Waals surface area contributed by atoms with Crippen LogP contribution in [0.25, 0.3) is 0 Å². The first-order valence-electron chi connectivity index (χ1n) is 8.24. The lowest BCUT2D eigenvalue weighted by Gasteiger charge is -2.37. The molecule has 0 heterocycles. The van der Waals surface area contributed by atoms with Gasteiger partial charge in [-0.15, -0.1) is 0 Å². The second-order valence-corrected chi connectivity index (χ2v) is 6.80. The van der Waals surface area contributed by atoms with Gasteiger partial charge in [0.1, 0.15) is 5.78 Å². The SMILES string of the molecule is CC(NC(=O)C1CC2CCCC(C1)C2=O)c1ccc(F)c(F)c1. The van der Waals surface area contributed by atoms with Crippen LogP contribution < -0.4 is 5.32 Å². The molecule has 0 spiro atoms. The van der Waals surface area contributed by atoms with Crippen LogP contribution in [0.4, 0.5) is 8.78 Å². The number of ketones is 1. The topological polar surface area (TPSA) is 46.2 Å². The van der Waals surface area contributed by atoms with Crippen molar-refractivity contribution in [1.82, 2.24) is 5.32 Å². The molecular weight excluding hydrogens is 300 g/mol. The Balaban J connectivity index is 1.64. The molecule has 3 rings (SSSR count). The summed E-state index contributed by atoms with van der Waals surface area (Å²) in [6.07, 6.45) is 4.08. The summed E-state index contributed by atoms with van der Waals surface area (Å²) in [5, 5.41) is 2.88. The number of nitrogens with one attached hydrogen (secondary N) is 1. The Bertz CT molecular complexity index is 615. The zero-order valence-corrected chi connectivity index (χ0v) is 13.1. The Morgan fingerprint density at radius 2 is 1.83 bits per heavy atom. The zero-order valence-electron chi connectivity index (χ0n) is 13.1. The monoisotopic (exact) mass is 321 g/mol. The molecule has 23 heavy (non-hydrogen) atoms. The second-order valence-electron chi connectivity index (χ2n) is 6.80. The minimum atomic E-state index is -0.915. The van der Waals surface area contributed by atoms with E-state index in [1.165, 1.54) is 6.07 Å². The minimum absolute atomic E-state index is 0.0248. The fraction of sp³-hybridized carbons (Fsp3) is 0.556. The van der Waals surface area contributed by atoms with Gasteiger partial charge >= 0.3 is 0 Å². The van der Waals surface area contributed by atoms with E-state index in [4.69, 9.17) is 0 Å². The maximum absolute atomic E-state index is 13.3. The van der Waals surface area contributed by atoms with E-state index in [1.807, 2.05) is 0 Å². The highest BCUT2D eigenvalue weighted by molar-refractivity contribution is 5.88. The zero-order chi connectivity index (χ0) is 16.6. The fourth-order valence-corrected chi connectivity index (χ4v) is 3.89. The van der Waals surface area contributed by atoms with E-state index < -0.39 is 17.7 Å². The Hall–Kier alpha value is -1.78. The van der Waals surface area contributed by atoms with E-state index in [2.05, 4.69) is 5.32 Å². The molecule has 2 aliphatic carbocycles. The van der Waals surface area contributed by atoms with Crippen LogP contribution in [0.1, 0.15) is 50.6 Å². The van der Waals surface area contributed by atoms with E-state index in [9.17, 15) is 18.4 Å². The average molecular weight is 321 g/mol. The number of halogens is 2. The van der Waals surface area contributed by atoms with Crippen LogP contribution in [0.2, 0.25) is 0 Å². The third kappa shape index (κ3) is 3.28. The summed E-state index contributed by atoms with van der Waals surface area (Å²) in [6.45, 7) is 1.75. The standard InChI is InChI=1S/C18H21F2NO2/c1-10(11-5-6-15(19)16(20)9-11)21-18(23)14-7-12-3-2-4-13(8-14)17(12)22/h5-6,9-10,12-14H,2-4,7-8H2,1H3,(H,21,23). The molecule has 2 bridgehead atoms. The molecule has 0 radical (unpaired) electrons. The summed E-state index contributed by atoms with van der Waals surface area (Å²) in [4.78, 5) is 24.6. The van der Waals surface area contributed by atoms with Gasteiger partial charge in [0.05, 0.1) is 6.04 Å². The van der Waals surface area contributed by atoms with E-state index >= 15 is 0 Å². The number of carbonyl (C=O) groups excluding carboxylic acids is 2. The highest BCUT2D eigenvalue weighted by Gasteiger charge is 2.41. The summed E-state index contributed by atoms with van der Waals surface area (Å²) >= 11 is 0. The van der Waals surface area contributed by atoms with Gasteiger partial charge in [-0.1, -0.05) is 12.5 Å². The molecule has 2 fully saturated rings. The van der Waals surface area contributed by atoms with Gasteiger partial charge < -0.3 is 5.32 Å². The van der Waals surface area contributed by atoms with Crippen molar-refractivity contribution >= 4 is 11.7 Å². The molecule has 1 N–H and O–H groups in total. The van der Waals surface area contributed by atoms with Crippen molar-refractivity contribution < 1.29 is 18.4 Å². The van der Waals surface area contributed by atoms with Crippen LogP contribution in [0.3, 0.4) is 0 Å². The van der Waals surface area contributed by atoms with Gasteiger partial charge in [0.25, 0.3) is 0 Å². The van der Waals surface area contributed by atoms with Gasteiger partial charge in [-0.3, -0.25) is 9.59 Å². The largest absolute Gasteiger partial charge is 0.349 e. The third-order valence-corrected chi connectivity index (χ3v) is 5.22. The molecule has 1 aromatic carbocycles. The first kappa shape index (κ1) is 16.1. The van der Waals surface area contributed by atoms with Crippen molar-refractivity contribution in [2.45, 2.75) is 45.1 Å². The number of hydrogen-bond acceptors (Lipinski definition) is 2. The Labute approximate surface area is 134 Å². The van der Waals surface area contributed by atoms with Gasteiger partial charge in [0.15, 0.2) is 11.6 Å². The number of hydrogen-bond donors (Lipinski definition) is 1. The highest BCUT2D eigenvalue weighted by atomic mass is 19.2. The minimum Gasteiger partial charge on any atom is -0.349 e. The van der Waals surface area contributed by atoms with Crippen LogP contribution in [0, 0.1) is 29.4 Å². The molecule has 1 amide bonds. The highest BCUT2D eigenvalue weighted by Crippen LogP contribution is 2.40. The quantitative estimate of drug-likeness (QED) is 0.925. The average Bonchev–Trinajstić information content (AvgIpc) is 2.49. The van der Waals surface area contributed by atoms with Crippen molar-refractivity contribution in [3.05, 3.63) is 35.4 Å². The Morgan fingerprint density at radius 3 is 2.43 bits per heavy atom.